The van der Waals surface area contributed by atoms with Crippen LogP contribution in [0.25, 0.3) is 10.8 Å². The van der Waals surface area contributed by atoms with Crippen molar-refractivity contribution in [1.29, 1.82) is 0 Å². The molecular formula is C14H12N4O. The number of hydrogen-bond donors (Lipinski definition) is 1. The number of nitrogens with zero attached hydrogens (tertiary/aromatic N) is 3. The predicted octanol–water partition coefficient (Wildman–Crippen LogP) is 1.10. The summed E-state index contributed by atoms with van der Waals surface area (Å²) >= 11 is 0. The maximum Gasteiger partial charge on any atom is 0.293 e. The average Bonchev–Trinajstić information content (AvgIpc) is 2.46. The van der Waals surface area contributed by atoms with Gasteiger partial charge in [-0.25, -0.2) is 0 Å². The number of fused-ring (bicyclic) bond motifs is 1. The number of nitrogens with two attached hydrogens (primary N) is 1. The molecule has 94 valence electrons. The SMILES string of the molecule is Nn1nc(Cc2ccncc2)c2ccccc2c1=O. The largest absolute Gasteiger partial charge is 0.320 e. The van der Waals surface area contributed by atoms with E-state index in [2.05, 4.69) is 10.1 Å². The van der Waals surface area contributed by atoms with Gasteiger partial charge in [0.05, 0.1) is 11.1 Å². The van der Waals surface area contributed by atoms with Crippen molar-refractivity contribution in [3.8, 4) is 0 Å². The van der Waals surface area contributed by atoms with Gasteiger partial charge in [0.15, 0.2) is 0 Å². The first kappa shape index (κ1) is 11.4. The van der Waals surface area contributed by atoms with Gasteiger partial charge in [-0.3, -0.25) is 9.78 Å². The Bertz CT molecular complexity index is 780. The van der Waals surface area contributed by atoms with E-state index in [0.717, 1.165) is 21.4 Å². The van der Waals surface area contributed by atoms with E-state index < -0.39 is 0 Å². The van der Waals surface area contributed by atoms with Gasteiger partial charge in [0.1, 0.15) is 0 Å². The molecule has 0 saturated heterocycles. The molecule has 0 radical (unpaired) electrons. The maximum absolute atomic E-state index is 11.9. The second-order valence-corrected chi connectivity index (χ2v) is 4.27. The Balaban J connectivity index is 2.19. The lowest BCUT2D eigenvalue weighted by molar-refractivity contribution is 0.748. The van der Waals surface area contributed by atoms with Gasteiger partial charge in [0, 0.05) is 24.2 Å². The van der Waals surface area contributed by atoms with Crippen LogP contribution in [0.2, 0.25) is 0 Å². The van der Waals surface area contributed by atoms with Crippen molar-refractivity contribution in [2.24, 2.45) is 0 Å². The van der Waals surface area contributed by atoms with E-state index in [1.807, 2.05) is 30.3 Å². The summed E-state index contributed by atoms with van der Waals surface area (Å²) in [6, 6.07) is 11.2. The van der Waals surface area contributed by atoms with E-state index in [9.17, 15) is 4.79 Å². The lowest BCUT2D eigenvalue weighted by atomic mass is 10.1. The van der Waals surface area contributed by atoms with Crippen molar-refractivity contribution < 1.29 is 0 Å². The predicted molar refractivity (Wildman–Crippen MR) is 73.2 cm³/mol. The van der Waals surface area contributed by atoms with Crippen LogP contribution in [-0.4, -0.2) is 14.9 Å². The highest BCUT2D eigenvalue weighted by Crippen LogP contribution is 2.15. The van der Waals surface area contributed by atoms with Crippen LogP contribution in [0.15, 0.2) is 53.6 Å². The molecule has 1 aromatic carbocycles. The molecule has 5 nitrogen and oxygen atoms in total. The summed E-state index contributed by atoms with van der Waals surface area (Å²) in [4.78, 5) is 16.8. The number of aromatic nitrogens is 3. The third kappa shape index (κ3) is 2.06. The van der Waals surface area contributed by atoms with E-state index in [1.54, 1.807) is 18.5 Å². The Morgan fingerprint density at radius 2 is 1.74 bits per heavy atom. The molecule has 0 amide bonds. The van der Waals surface area contributed by atoms with Gasteiger partial charge in [-0.05, 0) is 23.8 Å². The number of rotatable bonds is 2. The van der Waals surface area contributed by atoms with Crippen molar-refractivity contribution >= 4 is 10.8 Å². The smallest absolute Gasteiger partial charge is 0.293 e. The maximum atomic E-state index is 11.9. The zero-order valence-corrected chi connectivity index (χ0v) is 10.2. The molecule has 2 heterocycles. The molecule has 0 spiro atoms. The summed E-state index contributed by atoms with van der Waals surface area (Å²) in [5.74, 6) is 5.62. The fourth-order valence-corrected chi connectivity index (χ4v) is 2.10. The second-order valence-electron chi connectivity index (χ2n) is 4.27. The van der Waals surface area contributed by atoms with Crippen LogP contribution < -0.4 is 11.4 Å². The van der Waals surface area contributed by atoms with Crippen molar-refractivity contribution in [1.82, 2.24) is 14.9 Å². The van der Waals surface area contributed by atoms with E-state index >= 15 is 0 Å². The first-order valence-corrected chi connectivity index (χ1v) is 5.90. The highest BCUT2D eigenvalue weighted by molar-refractivity contribution is 5.83. The van der Waals surface area contributed by atoms with Gasteiger partial charge in [-0.15, -0.1) is 4.79 Å². The van der Waals surface area contributed by atoms with E-state index in [-0.39, 0.29) is 5.56 Å². The molecule has 5 heteroatoms. The molecule has 2 aromatic heterocycles. The Morgan fingerprint density at radius 3 is 2.47 bits per heavy atom. The third-order valence-electron chi connectivity index (χ3n) is 3.03. The van der Waals surface area contributed by atoms with Gasteiger partial charge in [-0.1, -0.05) is 18.2 Å². The quantitative estimate of drug-likeness (QED) is 0.693. The summed E-state index contributed by atoms with van der Waals surface area (Å²) in [5, 5.41) is 5.58. The van der Waals surface area contributed by atoms with Gasteiger partial charge in [-0.2, -0.15) is 5.10 Å². The van der Waals surface area contributed by atoms with Crippen molar-refractivity contribution in [3.05, 3.63) is 70.4 Å². The van der Waals surface area contributed by atoms with Gasteiger partial charge in [0.25, 0.3) is 5.56 Å². The molecule has 3 aromatic rings. The van der Waals surface area contributed by atoms with Crippen molar-refractivity contribution in [2.45, 2.75) is 6.42 Å². The first-order valence-electron chi connectivity index (χ1n) is 5.90. The Labute approximate surface area is 109 Å². The molecule has 0 bridgehead atoms. The zero-order valence-electron chi connectivity index (χ0n) is 10.2. The number of nitrogen functional groups attached to an aromatic ring is 1. The normalized spacial score (nSPS) is 10.7. The average molecular weight is 252 g/mol. The number of pyridine rings is 1. The van der Waals surface area contributed by atoms with Crippen LogP contribution in [0.5, 0.6) is 0 Å². The molecule has 3 rings (SSSR count). The van der Waals surface area contributed by atoms with Gasteiger partial charge >= 0.3 is 0 Å². The molecular weight excluding hydrogens is 240 g/mol. The molecule has 0 atom stereocenters. The Morgan fingerprint density at radius 1 is 1.05 bits per heavy atom. The standard InChI is InChI=1S/C14H12N4O/c15-18-14(19)12-4-2-1-3-11(12)13(17-18)9-10-5-7-16-8-6-10/h1-8H,9,15H2. The van der Waals surface area contributed by atoms with Crippen LogP contribution in [0.1, 0.15) is 11.3 Å². The van der Waals surface area contributed by atoms with Gasteiger partial charge in [0.2, 0.25) is 0 Å². The fourth-order valence-electron chi connectivity index (χ4n) is 2.10. The third-order valence-corrected chi connectivity index (χ3v) is 3.03. The number of hydrogen-bond acceptors (Lipinski definition) is 4. The molecule has 0 aliphatic rings. The monoisotopic (exact) mass is 252 g/mol. The van der Waals surface area contributed by atoms with Crippen molar-refractivity contribution in [3.63, 3.8) is 0 Å². The summed E-state index contributed by atoms with van der Waals surface area (Å²) < 4.78 is 0. The lowest BCUT2D eigenvalue weighted by Gasteiger charge is -2.07. The zero-order chi connectivity index (χ0) is 13.2. The minimum atomic E-state index is -0.283. The van der Waals surface area contributed by atoms with Crippen LogP contribution in [0.3, 0.4) is 0 Å². The molecule has 0 saturated carbocycles. The molecule has 0 unspecified atom stereocenters. The summed E-state index contributed by atoms with van der Waals surface area (Å²) in [5.41, 5.74) is 1.57. The molecule has 0 aliphatic carbocycles. The van der Waals surface area contributed by atoms with E-state index in [4.69, 9.17) is 5.84 Å². The highest BCUT2D eigenvalue weighted by Gasteiger charge is 2.09. The number of benzene rings is 1. The molecule has 0 fully saturated rings. The minimum absolute atomic E-state index is 0.283. The topological polar surface area (TPSA) is 73.8 Å². The van der Waals surface area contributed by atoms with Crippen molar-refractivity contribution in [2.75, 3.05) is 5.84 Å². The Hall–Kier alpha value is -2.69. The van der Waals surface area contributed by atoms with Crippen LogP contribution in [0.4, 0.5) is 0 Å². The van der Waals surface area contributed by atoms with Gasteiger partial charge < -0.3 is 5.84 Å². The van der Waals surface area contributed by atoms with E-state index in [1.165, 1.54) is 0 Å². The fraction of sp³-hybridized carbons (Fsp3) is 0.0714. The summed E-state index contributed by atoms with van der Waals surface area (Å²) in [7, 11) is 0. The summed E-state index contributed by atoms with van der Waals surface area (Å²) in [6.07, 6.45) is 4.08. The minimum Gasteiger partial charge on any atom is -0.320 e. The van der Waals surface area contributed by atoms with Crippen LogP contribution in [0, 0.1) is 0 Å². The molecule has 19 heavy (non-hydrogen) atoms. The Kier molecular flexibility index (Phi) is 2.72. The van der Waals surface area contributed by atoms with Crippen LogP contribution >= 0.6 is 0 Å². The first-order chi connectivity index (χ1) is 9.25. The second kappa shape index (κ2) is 4.53. The van der Waals surface area contributed by atoms with E-state index in [0.29, 0.717) is 11.8 Å². The highest BCUT2D eigenvalue weighted by atomic mass is 16.1. The molecule has 0 aliphatic heterocycles. The van der Waals surface area contributed by atoms with Crippen LogP contribution in [-0.2, 0) is 6.42 Å². The summed E-state index contributed by atoms with van der Waals surface area (Å²) in [6.45, 7) is 0. The lowest BCUT2D eigenvalue weighted by Crippen LogP contribution is -2.31. The molecule has 2 N–H and O–H groups in total.